The van der Waals surface area contributed by atoms with E-state index in [1.54, 1.807) is 0 Å². The first-order valence-corrected chi connectivity index (χ1v) is 6.39. The van der Waals surface area contributed by atoms with Crippen LogP contribution in [0, 0.1) is 6.92 Å². The zero-order valence-electron chi connectivity index (χ0n) is 9.47. The van der Waals surface area contributed by atoms with Gasteiger partial charge in [-0.1, -0.05) is 0 Å². The Kier molecular flexibility index (Phi) is 2.66. The number of aromatic nitrogens is 5. The molecule has 0 radical (unpaired) electrons. The molecule has 0 atom stereocenters. The van der Waals surface area contributed by atoms with Crippen LogP contribution in [0.15, 0.2) is 17.1 Å². The summed E-state index contributed by atoms with van der Waals surface area (Å²) in [4.78, 5) is 13.0. The fourth-order valence-corrected chi connectivity index (χ4v) is 2.16. The van der Waals surface area contributed by atoms with Crippen LogP contribution in [0.25, 0.3) is 0 Å². The minimum Gasteiger partial charge on any atom is -0.245 e. The Morgan fingerprint density at radius 1 is 1.35 bits per heavy atom. The van der Waals surface area contributed by atoms with Gasteiger partial charge in [0.1, 0.15) is 11.6 Å². The molecule has 2 aromatic rings. The first kappa shape index (κ1) is 10.8. The van der Waals surface area contributed by atoms with E-state index in [-0.39, 0.29) is 0 Å². The summed E-state index contributed by atoms with van der Waals surface area (Å²) in [6.45, 7) is 2.59. The average Bonchev–Trinajstić information content (AvgIpc) is 3.08. The van der Waals surface area contributed by atoms with Crippen molar-refractivity contribution in [2.24, 2.45) is 0 Å². The van der Waals surface area contributed by atoms with Crippen LogP contribution in [0.5, 0.6) is 0 Å². The van der Waals surface area contributed by atoms with Gasteiger partial charge in [0.15, 0.2) is 0 Å². The molecule has 0 aliphatic heterocycles. The average molecular weight is 294 g/mol. The largest absolute Gasteiger partial charge is 0.245 e. The Morgan fingerprint density at radius 3 is 2.59 bits per heavy atom. The van der Waals surface area contributed by atoms with Gasteiger partial charge >= 0.3 is 0 Å². The van der Waals surface area contributed by atoms with Crippen LogP contribution in [0.4, 0.5) is 0 Å². The molecule has 0 saturated heterocycles. The number of aryl methyl sites for hydroxylation is 1. The second-order valence-corrected chi connectivity index (χ2v) is 5.02. The van der Waals surface area contributed by atoms with Crippen molar-refractivity contribution in [3.63, 3.8) is 0 Å². The molecule has 5 nitrogen and oxygen atoms in total. The third-order valence-corrected chi connectivity index (χ3v) is 3.17. The number of hydrogen-bond donors (Lipinski definition) is 0. The fourth-order valence-electron chi connectivity index (χ4n) is 1.71. The van der Waals surface area contributed by atoms with E-state index in [0.717, 1.165) is 17.2 Å². The molecule has 88 valence electrons. The van der Waals surface area contributed by atoms with Gasteiger partial charge < -0.3 is 0 Å². The second-order valence-electron chi connectivity index (χ2n) is 4.31. The van der Waals surface area contributed by atoms with Gasteiger partial charge in [-0.3, -0.25) is 0 Å². The quantitative estimate of drug-likeness (QED) is 0.869. The van der Waals surface area contributed by atoms with Gasteiger partial charge in [-0.2, -0.15) is 0 Å². The molecular formula is C11H12BrN5. The van der Waals surface area contributed by atoms with Crippen molar-refractivity contribution in [3.05, 3.63) is 34.3 Å². The summed E-state index contributed by atoms with van der Waals surface area (Å²) in [6, 6.07) is 0. The van der Waals surface area contributed by atoms with Gasteiger partial charge in [-0.05, 0) is 35.7 Å². The van der Waals surface area contributed by atoms with Crippen molar-refractivity contribution in [1.29, 1.82) is 0 Å². The van der Waals surface area contributed by atoms with Crippen molar-refractivity contribution in [3.8, 4) is 0 Å². The standard InChI is InChI=1S/C11H12BrN5/c1-7-15-11(12)16-17(7)6-8-4-13-10(14-5-8)9-2-3-9/h4-5,9H,2-3,6H2,1H3. The second kappa shape index (κ2) is 4.18. The lowest BCUT2D eigenvalue weighted by atomic mass is 10.3. The van der Waals surface area contributed by atoms with E-state index in [4.69, 9.17) is 0 Å². The number of nitrogens with zero attached hydrogens (tertiary/aromatic N) is 5. The van der Waals surface area contributed by atoms with Crippen molar-refractivity contribution < 1.29 is 0 Å². The molecule has 0 unspecified atom stereocenters. The number of halogens is 1. The van der Waals surface area contributed by atoms with Gasteiger partial charge in [0, 0.05) is 23.9 Å². The topological polar surface area (TPSA) is 56.5 Å². The van der Waals surface area contributed by atoms with Gasteiger partial charge in [-0.15, -0.1) is 5.10 Å². The van der Waals surface area contributed by atoms with Crippen LogP contribution in [0.1, 0.15) is 36.0 Å². The Labute approximate surface area is 107 Å². The third-order valence-electron chi connectivity index (χ3n) is 2.83. The molecule has 0 spiro atoms. The molecule has 6 heteroatoms. The molecule has 1 aliphatic carbocycles. The van der Waals surface area contributed by atoms with Crippen molar-refractivity contribution in [2.45, 2.75) is 32.2 Å². The number of hydrogen-bond acceptors (Lipinski definition) is 4. The van der Waals surface area contributed by atoms with E-state index in [9.17, 15) is 0 Å². The summed E-state index contributed by atoms with van der Waals surface area (Å²) in [5.41, 5.74) is 1.05. The van der Waals surface area contributed by atoms with Crippen molar-refractivity contribution in [1.82, 2.24) is 24.7 Å². The van der Waals surface area contributed by atoms with Crippen LogP contribution in [-0.2, 0) is 6.54 Å². The summed E-state index contributed by atoms with van der Waals surface area (Å²) >= 11 is 3.26. The zero-order chi connectivity index (χ0) is 11.8. The van der Waals surface area contributed by atoms with Crippen molar-refractivity contribution >= 4 is 15.9 Å². The van der Waals surface area contributed by atoms with E-state index in [1.165, 1.54) is 12.8 Å². The van der Waals surface area contributed by atoms with Crippen molar-refractivity contribution in [2.75, 3.05) is 0 Å². The Bertz CT molecular complexity index is 529. The maximum Gasteiger partial charge on any atom is 0.217 e. The van der Waals surface area contributed by atoms with Gasteiger partial charge in [0.25, 0.3) is 0 Å². The molecule has 0 N–H and O–H groups in total. The maximum atomic E-state index is 4.39. The summed E-state index contributed by atoms with van der Waals surface area (Å²) in [5, 5.41) is 4.24. The maximum absolute atomic E-state index is 4.39. The Balaban J connectivity index is 1.78. The van der Waals surface area contributed by atoms with Gasteiger partial charge in [-0.25, -0.2) is 19.6 Å². The molecule has 0 aromatic carbocycles. The molecule has 1 aliphatic rings. The van der Waals surface area contributed by atoms with E-state index in [2.05, 4.69) is 36.0 Å². The van der Waals surface area contributed by atoms with Crippen LogP contribution in [-0.4, -0.2) is 24.7 Å². The van der Waals surface area contributed by atoms with E-state index in [1.807, 2.05) is 24.0 Å². The van der Waals surface area contributed by atoms with Crippen LogP contribution >= 0.6 is 15.9 Å². The van der Waals surface area contributed by atoms with Gasteiger partial charge in [0.05, 0.1) is 6.54 Å². The Morgan fingerprint density at radius 2 is 2.06 bits per heavy atom. The highest BCUT2D eigenvalue weighted by molar-refractivity contribution is 9.10. The normalized spacial score (nSPS) is 15.2. The molecular weight excluding hydrogens is 282 g/mol. The van der Waals surface area contributed by atoms with Gasteiger partial charge in [0.2, 0.25) is 4.73 Å². The lowest BCUT2D eigenvalue weighted by Crippen LogP contribution is -2.05. The summed E-state index contributed by atoms with van der Waals surface area (Å²) in [5.74, 6) is 2.46. The van der Waals surface area contributed by atoms with E-state index < -0.39 is 0 Å². The molecule has 1 saturated carbocycles. The van der Waals surface area contributed by atoms with Crippen LogP contribution < -0.4 is 0 Å². The SMILES string of the molecule is Cc1nc(Br)nn1Cc1cnc(C2CC2)nc1. The molecule has 17 heavy (non-hydrogen) atoms. The minimum absolute atomic E-state index is 0.603. The lowest BCUT2D eigenvalue weighted by Gasteiger charge is -2.03. The van der Waals surface area contributed by atoms with E-state index >= 15 is 0 Å². The zero-order valence-corrected chi connectivity index (χ0v) is 11.1. The summed E-state index contributed by atoms with van der Waals surface area (Å²) in [7, 11) is 0. The molecule has 2 aromatic heterocycles. The lowest BCUT2D eigenvalue weighted by molar-refractivity contribution is 0.652. The first-order chi connectivity index (χ1) is 8.22. The molecule has 0 amide bonds. The fraction of sp³-hybridized carbons (Fsp3) is 0.455. The summed E-state index contributed by atoms with van der Waals surface area (Å²) in [6.07, 6.45) is 6.23. The minimum atomic E-state index is 0.603. The first-order valence-electron chi connectivity index (χ1n) is 5.60. The highest BCUT2D eigenvalue weighted by atomic mass is 79.9. The molecule has 1 fully saturated rings. The predicted octanol–water partition coefficient (Wildman–Crippen LogP) is 2.06. The van der Waals surface area contributed by atoms with Crippen LogP contribution in [0.2, 0.25) is 0 Å². The molecule has 2 heterocycles. The summed E-state index contributed by atoms with van der Waals surface area (Å²) < 4.78 is 2.45. The Hall–Kier alpha value is -1.30. The predicted molar refractivity (Wildman–Crippen MR) is 65.6 cm³/mol. The monoisotopic (exact) mass is 293 g/mol. The van der Waals surface area contributed by atoms with Crippen LogP contribution in [0.3, 0.4) is 0 Å². The van der Waals surface area contributed by atoms with E-state index in [0.29, 0.717) is 17.2 Å². The third kappa shape index (κ3) is 2.36. The molecule has 3 rings (SSSR count). The smallest absolute Gasteiger partial charge is 0.217 e. The molecule has 0 bridgehead atoms. The number of rotatable bonds is 3. The highest BCUT2D eigenvalue weighted by Crippen LogP contribution is 2.37. The highest BCUT2D eigenvalue weighted by Gasteiger charge is 2.26.